The van der Waals surface area contributed by atoms with Crippen molar-refractivity contribution in [1.82, 2.24) is 4.98 Å². The van der Waals surface area contributed by atoms with Crippen LogP contribution in [0.25, 0.3) is 0 Å². The number of pyridine rings is 1. The van der Waals surface area contributed by atoms with E-state index in [1.54, 1.807) is 50.2 Å². The van der Waals surface area contributed by atoms with E-state index in [9.17, 15) is 9.59 Å². The van der Waals surface area contributed by atoms with Gasteiger partial charge in [-0.05, 0) is 57.2 Å². The van der Waals surface area contributed by atoms with Crippen LogP contribution in [0.1, 0.15) is 20.8 Å². The van der Waals surface area contributed by atoms with E-state index in [4.69, 9.17) is 32.7 Å². The Morgan fingerprint density at radius 2 is 1.69 bits per heavy atom. The molecule has 138 valence electrons. The second-order valence-electron chi connectivity index (χ2n) is 5.96. The lowest BCUT2D eigenvalue weighted by atomic mass is 10.1. The molecule has 1 amide bonds. The number of benzene rings is 1. The highest BCUT2D eigenvalue weighted by Gasteiger charge is 2.34. The molecule has 2 aromatic rings. The maximum absolute atomic E-state index is 12.4. The Morgan fingerprint density at radius 3 is 2.27 bits per heavy atom. The molecule has 0 saturated heterocycles. The average molecular weight is 397 g/mol. The van der Waals surface area contributed by atoms with Gasteiger partial charge in [0.05, 0.1) is 5.02 Å². The Kier molecular flexibility index (Phi) is 6.45. The van der Waals surface area contributed by atoms with E-state index < -0.39 is 23.6 Å². The van der Waals surface area contributed by atoms with Gasteiger partial charge >= 0.3 is 5.97 Å². The van der Waals surface area contributed by atoms with Gasteiger partial charge in [-0.25, -0.2) is 9.78 Å². The van der Waals surface area contributed by atoms with Gasteiger partial charge in [0.2, 0.25) is 0 Å². The molecule has 8 heteroatoms. The van der Waals surface area contributed by atoms with Crippen LogP contribution >= 0.6 is 23.2 Å². The summed E-state index contributed by atoms with van der Waals surface area (Å²) in [5.41, 5.74) is -1.29. The Balaban J connectivity index is 1.94. The van der Waals surface area contributed by atoms with Crippen LogP contribution in [0.15, 0.2) is 42.6 Å². The Bertz CT molecular complexity index is 777. The van der Waals surface area contributed by atoms with Crippen LogP contribution in [0.5, 0.6) is 5.75 Å². The molecule has 26 heavy (non-hydrogen) atoms. The van der Waals surface area contributed by atoms with Gasteiger partial charge in [-0.2, -0.15) is 0 Å². The van der Waals surface area contributed by atoms with Crippen LogP contribution in [0, 0.1) is 0 Å². The summed E-state index contributed by atoms with van der Waals surface area (Å²) in [5.74, 6) is -0.438. The first-order valence-corrected chi connectivity index (χ1v) is 8.51. The molecule has 1 unspecified atom stereocenters. The number of halogens is 2. The van der Waals surface area contributed by atoms with Gasteiger partial charge in [0.15, 0.2) is 11.7 Å². The summed E-state index contributed by atoms with van der Waals surface area (Å²) in [6.07, 6.45) is 0.366. The second kappa shape index (κ2) is 8.38. The molecule has 1 atom stereocenters. The van der Waals surface area contributed by atoms with Crippen LogP contribution in [0.4, 0.5) is 5.82 Å². The summed E-state index contributed by atoms with van der Waals surface area (Å²) in [7, 11) is 0. The number of nitrogens with zero attached hydrogens (tertiary/aromatic N) is 1. The number of esters is 1. The summed E-state index contributed by atoms with van der Waals surface area (Å²) in [5, 5.41) is 3.54. The van der Waals surface area contributed by atoms with Gasteiger partial charge in [-0.1, -0.05) is 23.2 Å². The van der Waals surface area contributed by atoms with E-state index in [0.29, 0.717) is 21.6 Å². The van der Waals surface area contributed by atoms with Crippen molar-refractivity contribution >= 4 is 40.9 Å². The van der Waals surface area contributed by atoms with Crippen LogP contribution in [0.3, 0.4) is 0 Å². The van der Waals surface area contributed by atoms with Gasteiger partial charge in [0.1, 0.15) is 11.6 Å². The smallest absolute Gasteiger partial charge is 0.350 e. The Morgan fingerprint density at radius 1 is 1.08 bits per heavy atom. The summed E-state index contributed by atoms with van der Waals surface area (Å²) < 4.78 is 10.9. The minimum absolute atomic E-state index is 0.305. The van der Waals surface area contributed by atoms with Crippen LogP contribution < -0.4 is 10.1 Å². The molecule has 1 aromatic heterocycles. The second-order valence-corrected chi connectivity index (χ2v) is 6.84. The molecule has 1 heterocycles. The van der Waals surface area contributed by atoms with E-state index in [0.717, 1.165) is 0 Å². The number of hydrogen-bond acceptors (Lipinski definition) is 5. The average Bonchev–Trinajstić information content (AvgIpc) is 2.58. The fraction of sp³-hybridized carbons (Fsp3) is 0.278. The number of aromatic nitrogens is 1. The number of ether oxygens (including phenoxy) is 2. The molecule has 6 nitrogen and oxygen atoms in total. The van der Waals surface area contributed by atoms with Crippen molar-refractivity contribution in [2.24, 2.45) is 0 Å². The third kappa shape index (κ3) is 5.61. The molecular weight excluding hydrogens is 379 g/mol. The van der Waals surface area contributed by atoms with Gasteiger partial charge in [-0.3, -0.25) is 4.79 Å². The molecule has 0 fully saturated rings. The standard InChI is InChI=1S/C18H18Cl2N2O4/c1-11(16(23)22-15-9-6-13(20)10-21-15)25-17(24)18(2,3)26-14-7-4-12(19)5-8-14/h4-11H,1-3H3,(H,21,22,23). The number of rotatable bonds is 6. The zero-order chi connectivity index (χ0) is 19.3. The number of nitrogens with one attached hydrogen (secondary N) is 1. The van der Waals surface area contributed by atoms with Gasteiger partial charge in [-0.15, -0.1) is 0 Å². The van der Waals surface area contributed by atoms with Crippen molar-refractivity contribution < 1.29 is 19.1 Å². The molecule has 0 spiro atoms. The van der Waals surface area contributed by atoms with Gasteiger partial charge in [0.25, 0.3) is 5.91 Å². The summed E-state index contributed by atoms with van der Waals surface area (Å²) in [6, 6.07) is 9.70. The third-order valence-corrected chi connectivity index (χ3v) is 3.79. The van der Waals surface area contributed by atoms with Gasteiger partial charge in [0, 0.05) is 11.2 Å². The predicted molar refractivity (Wildman–Crippen MR) is 99.6 cm³/mol. The number of amides is 1. The molecular formula is C18H18Cl2N2O4. The Labute approximate surface area is 161 Å². The topological polar surface area (TPSA) is 77.5 Å². The van der Waals surface area contributed by atoms with Gasteiger partial charge < -0.3 is 14.8 Å². The molecule has 2 rings (SSSR count). The summed E-state index contributed by atoms with van der Waals surface area (Å²) >= 11 is 11.6. The maximum Gasteiger partial charge on any atom is 0.350 e. The zero-order valence-corrected chi connectivity index (χ0v) is 16.0. The molecule has 0 radical (unpaired) electrons. The fourth-order valence-electron chi connectivity index (χ4n) is 1.87. The van der Waals surface area contributed by atoms with Crippen molar-refractivity contribution in [3.63, 3.8) is 0 Å². The Hall–Kier alpha value is -2.31. The van der Waals surface area contributed by atoms with Crippen molar-refractivity contribution in [1.29, 1.82) is 0 Å². The largest absolute Gasteiger partial charge is 0.476 e. The van der Waals surface area contributed by atoms with E-state index in [2.05, 4.69) is 10.3 Å². The van der Waals surface area contributed by atoms with E-state index >= 15 is 0 Å². The number of anilines is 1. The monoisotopic (exact) mass is 396 g/mol. The first-order chi connectivity index (χ1) is 12.2. The molecule has 1 aromatic carbocycles. The molecule has 1 N–H and O–H groups in total. The van der Waals surface area contributed by atoms with Crippen molar-refractivity contribution in [2.75, 3.05) is 5.32 Å². The summed E-state index contributed by atoms with van der Waals surface area (Å²) in [4.78, 5) is 28.5. The highest BCUT2D eigenvalue weighted by atomic mass is 35.5. The highest BCUT2D eigenvalue weighted by molar-refractivity contribution is 6.30. The highest BCUT2D eigenvalue weighted by Crippen LogP contribution is 2.22. The third-order valence-electron chi connectivity index (χ3n) is 3.31. The first kappa shape index (κ1) is 20.0. The van der Waals surface area contributed by atoms with Crippen molar-refractivity contribution in [2.45, 2.75) is 32.5 Å². The first-order valence-electron chi connectivity index (χ1n) is 7.75. The lowest BCUT2D eigenvalue weighted by molar-refractivity contribution is -0.166. The zero-order valence-electron chi connectivity index (χ0n) is 14.5. The molecule has 0 saturated carbocycles. The molecule has 0 bridgehead atoms. The van der Waals surface area contributed by atoms with Crippen LogP contribution in [0.2, 0.25) is 10.0 Å². The maximum atomic E-state index is 12.4. The fourth-order valence-corrected chi connectivity index (χ4v) is 2.11. The molecule has 0 aliphatic rings. The predicted octanol–water partition coefficient (Wildman–Crippen LogP) is 4.12. The lowest BCUT2D eigenvalue weighted by Gasteiger charge is -2.26. The van der Waals surface area contributed by atoms with E-state index in [-0.39, 0.29) is 0 Å². The lowest BCUT2D eigenvalue weighted by Crippen LogP contribution is -2.43. The van der Waals surface area contributed by atoms with E-state index in [1.165, 1.54) is 13.1 Å². The van der Waals surface area contributed by atoms with Crippen LogP contribution in [-0.4, -0.2) is 28.6 Å². The molecule has 0 aliphatic heterocycles. The normalized spacial score (nSPS) is 12.2. The number of carbonyl (C=O) groups is 2. The van der Waals surface area contributed by atoms with Crippen LogP contribution in [-0.2, 0) is 14.3 Å². The molecule has 0 aliphatic carbocycles. The summed E-state index contributed by atoms with van der Waals surface area (Å²) in [6.45, 7) is 4.56. The SMILES string of the molecule is CC(OC(=O)C(C)(C)Oc1ccc(Cl)cc1)C(=O)Nc1ccc(Cl)cn1. The quantitative estimate of drug-likeness (QED) is 0.743. The minimum Gasteiger partial charge on any atom is -0.476 e. The number of hydrogen-bond donors (Lipinski definition) is 1. The number of carbonyl (C=O) groups excluding carboxylic acids is 2. The van der Waals surface area contributed by atoms with E-state index in [1.807, 2.05) is 0 Å². The van der Waals surface area contributed by atoms with Crippen molar-refractivity contribution in [3.05, 3.63) is 52.6 Å². The minimum atomic E-state index is -1.29. The van der Waals surface area contributed by atoms with Crippen molar-refractivity contribution in [3.8, 4) is 5.75 Å².